The minimum Gasteiger partial charge on any atom is -0.299 e. The molecule has 1 fully saturated rings. The van der Waals surface area contributed by atoms with Crippen molar-refractivity contribution < 1.29 is 8.42 Å². The Balaban J connectivity index is 2.24. The van der Waals surface area contributed by atoms with Crippen LogP contribution in [0.2, 0.25) is 0 Å². The number of hydrogen-bond acceptors (Lipinski definition) is 4. The van der Waals surface area contributed by atoms with E-state index in [1.54, 1.807) is 28.6 Å². The molecule has 6 heteroatoms. The molecule has 0 amide bonds. The lowest BCUT2D eigenvalue weighted by atomic mass is 10.0. The first-order valence-electron chi connectivity index (χ1n) is 6.95. The first kappa shape index (κ1) is 16.0. The monoisotopic (exact) mass is 307 g/mol. The zero-order valence-electron chi connectivity index (χ0n) is 12.7. The van der Waals surface area contributed by atoms with Crippen LogP contribution < -0.4 is 0 Å². The maximum atomic E-state index is 12.7. The van der Waals surface area contributed by atoms with Crippen LogP contribution in [0.15, 0.2) is 29.2 Å². The van der Waals surface area contributed by atoms with E-state index < -0.39 is 10.0 Å². The van der Waals surface area contributed by atoms with Gasteiger partial charge in [0.05, 0.1) is 17.4 Å². The van der Waals surface area contributed by atoms with Gasteiger partial charge >= 0.3 is 0 Å². The number of piperazine rings is 1. The first-order valence-corrected chi connectivity index (χ1v) is 8.39. The van der Waals surface area contributed by atoms with Crippen molar-refractivity contribution in [3.63, 3.8) is 0 Å². The Kier molecular flexibility index (Phi) is 4.38. The summed E-state index contributed by atoms with van der Waals surface area (Å²) in [5.41, 5.74) is 0.654. The molecule has 21 heavy (non-hydrogen) atoms. The van der Waals surface area contributed by atoms with Gasteiger partial charge in [-0.15, -0.1) is 0 Å². The van der Waals surface area contributed by atoms with Gasteiger partial charge in [-0.05, 0) is 38.6 Å². The Bertz CT molecular complexity index is 644. The topological polar surface area (TPSA) is 64.4 Å². The normalized spacial score (nSPS) is 20.1. The Morgan fingerprint density at radius 1 is 1.24 bits per heavy atom. The molecule has 0 N–H and O–H groups in total. The molecule has 5 nitrogen and oxygen atoms in total. The van der Waals surface area contributed by atoms with Gasteiger partial charge in [0.25, 0.3) is 0 Å². The molecular formula is C15H21N3O2S. The van der Waals surface area contributed by atoms with E-state index in [0.717, 1.165) is 12.1 Å². The molecule has 0 atom stereocenters. The molecule has 1 heterocycles. The van der Waals surface area contributed by atoms with Crippen LogP contribution in [-0.2, 0) is 16.4 Å². The van der Waals surface area contributed by atoms with E-state index in [-0.39, 0.29) is 5.54 Å². The molecule has 2 rings (SSSR count). The van der Waals surface area contributed by atoms with Gasteiger partial charge in [-0.3, -0.25) is 4.90 Å². The van der Waals surface area contributed by atoms with Crippen molar-refractivity contribution in [2.24, 2.45) is 0 Å². The van der Waals surface area contributed by atoms with Crippen molar-refractivity contribution in [2.45, 2.75) is 30.7 Å². The van der Waals surface area contributed by atoms with Gasteiger partial charge < -0.3 is 0 Å². The van der Waals surface area contributed by atoms with Crippen LogP contribution in [0.25, 0.3) is 0 Å². The van der Waals surface area contributed by atoms with Gasteiger partial charge in [0.15, 0.2) is 0 Å². The summed E-state index contributed by atoms with van der Waals surface area (Å²) in [4.78, 5) is 2.47. The van der Waals surface area contributed by atoms with Crippen molar-refractivity contribution >= 4 is 10.0 Å². The van der Waals surface area contributed by atoms with E-state index >= 15 is 0 Å². The van der Waals surface area contributed by atoms with Gasteiger partial charge in [0.1, 0.15) is 0 Å². The average molecular weight is 307 g/mol. The minimum atomic E-state index is -3.46. The fourth-order valence-corrected chi connectivity index (χ4v) is 4.01. The largest absolute Gasteiger partial charge is 0.299 e. The Hall–Kier alpha value is -1.42. The maximum Gasteiger partial charge on any atom is 0.243 e. The third kappa shape index (κ3) is 3.26. The number of nitrogens with zero attached hydrogens (tertiary/aromatic N) is 3. The molecule has 0 spiro atoms. The number of sulfonamides is 1. The molecule has 1 aromatic carbocycles. The van der Waals surface area contributed by atoms with E-state index in [4.69, 9.17) is 5.26 Å². The molecular weight excluding hydrogens is 286 g/mol. The molecule has 1 aliphatic heterocycles. The lowest BCUT2D eigenvalue weighted by molar-refractivity contribution is 0.0801. The molecule has 0 radical (unpaired) electrons. The summed E-state index contributed by atoms with van der Waals surface area (Å²) in [6.45, 7) is 5.79. The fraction of sp³-hybridized carbons (Fsp3) is 0.533. The average Bonchev–Trinajstić information content (AvgIpc) is 2.42. The smallest absolute Gasteiger partial charge is 0.243 e. The predicted octanol–water partition coefficient (Wildman–Crippen LogP) is 1.47. The third-order valence-electron chi connectivity index (χ3n) is 4.13. The van der Waals surface area contributed by atoms with Crippen LogP contribution in [0.5, 0.6) is 0 Å². The molecule has 0 unspecified atom stereocenters. The summed E-state index contributed by atoms with van der Waals surface area (Å²) in [6.07, 6.45) is 0.294. The Labute approximate surface area is 126 Å². The summed E-state index contributed by atoms with van der Waals surface area (Å²) in [5.74, 6) is 0. The number of benzene rings is 1. The summed E-state index contributed by atoms with van der Waals surface area (Å²) >= 11 is 0. The van der Waals surface area contributed by atoms with Gasteiger partial charge in [0, 0.05) is 25.2 Å². The highest BCUT2D eigenvalue weighted by atomic mass is 32.2. The zero-order valence-corrected chi connectivity index (χ0v) is 13.5. The lowest BCUT2D eigenvalue weighted by Gasteiger charge is -2.44. The van der Waals surface area contributed by atoms with E-state index in [9.17, 15) is 8.42 Å². The third-order valence-corrected chi connectivity index (χ3v) is 5.99. The second-order valence-corrected chi connectivity index (χ2v) is 7.99. The highest BCUT2D eigenvalue weighted by Crippen LogP contribution is 2.25. The Morgan fingerprint density at radius 2 is 1.86 bits per heavy atom. The van der Waals surface area contributed by atoms with Gasteiger partial charge in [-0.1, -0.05) is 12.1 Å². The van der Waals surface area contributed by atoms with Crippen molar-refractivity contribution in [1.82, 2.24) is 9.21 Å². The molecule has 0 bridgehead atoms. The van der Waals surface area contributed by atoms with Crippen LogP contribution >= 0.6 is 0 Å². The van der Waals surface area contributed by atoms with Crippen molar-refractivity contribution in [2.75, 3.05) is 26.7 Å². The molecule has 1 aliphatic rings. The van der Waals surface area contributed by atoms with Crippen LogP contribution in [0.1, 0.15) is 19.4 Å². The van der Waals surface area contributed by atoms with Crippen LogP contribution in [0.3, 0.4) is 0 Å². The summed E-state index contributed by atoms with van der Waals surface area (Å²) in [7, 11) is -1.45. The second-order valence-electron chi connectivity index (χ2n) is 6.05. The summed E-state index contributed by atoms with van der Waals surface area (Å²) in [6, 6.07) is 8.65. The molecule has 0 saturated carbocycles. The van der Waals surface area contributed by atoms with Crippen LogP contribution in [0, 0.1) is 11.3 Å². The van der Waals surface area contributed by atoms with Crippen LogP contribution in [0.4, 0.5) is 0 Å². The van der Waals surface area contributed by atoms with E-state index in [1.165, 1.54) is 0 Å². The number of likely N-dealkylation sites (N-methyl/N-ethyl adjacent to an activating group) is 1. The fourth-order valence-electron chi connectivity index (χ4n) is 2.42. The quantitative estimate of drug-likeness (QED) is 0.848. The molecule has 0 aromatic heterocycles. The second kappa shape index (κ2) is 5.76. The van der Waals surface area contributed by atoms with E-state index in [2.05, 4.69) is 11.0 Å². The Morgan fingerprint density at radius 3 is 2.38 bits per heavy atom. The standard InChI is InChI=1S/C15H21N3O2S/c1-15(2)12-18(11-10-17(15)3)21(19,20)14-6-4-13(5-7-14)8-9-16/h4-7H,8,10-12H2,1-3H3. The van der Waals surface area contributed by atoms with Gasteiger partial charge in [-0.2, -0.15) is 9.57 Å². The minimum absolute atomic E-state index is 0.175. The van der Waals surface area contributed by atoms with E-state index in [0.29, 0.717) is 24.4 Å². The zero-order chi connectivity index (χ0) is 15.7. The number of hydrogen-bond donors (Lipinski definition) is 0. The van der Waals surface area contributed by atoms with Gasteiger partial charge in [0.2, 0.25) is 10.0 Å². The molecule has 114 valence electrons. The highest BCUT2D eigenvalue weighted by molar-refractivity contribution is 7.89. The first-order chi connectivity index (χ1) is 9.77. The number of nitriles is 1. The van der Waals surface area contributed by atoms with Crippen molar-refractivity contribution in [3.8, 4) is 6.07 Å². The van der Waals surface area contributed by atoms with Gasteiger partial charge in [-0.25, -0.2) is 8.42 Å². The van der Waals surface area contributed by atoms with Crippen LogP contribution in [-0.4, -0.2) is 49.8 Å². The SMILES string of the molecule is CN1CCN(S(=O)(=O)c2ccc(CC#N)cc2)CC1(C)C. The summed E-state index contributed by atoms with van der Waals surface area (Å²) in [5, 5.41) is 8.65. The highest BCUT2D eigenvalue weighted by Gasteiger charge is 2.37. The molecule has 0 aliphatic carbocycles. The summed E-state index contributed by atoms with van der Waals surface area (Å²) < 4.78 is 26.9. The lowest BCUT2D eigenvalue weighted by Crippen LogP contribution is -2.58. The van der Waals surface area contributed by atoms with Crippen molar-refractivity contribution in [3.05, 3.63) is 29.8 Å². The molecule has 1 aromatic rings. The number of rotatable bonds is 3. The van der Waals surface area contributed by atoms with Crippen molar-refractivity contribution in [1.29, 1.82) is 5.26 Å². The maximum absolute atomic E-state index is 12.7. The van der Waals surface area contributed by atoms with E-state index in [1.807, 2.05) is 20.9 Å². The molecule has 1 saturated heterocycles. The predicted molar refractivity (Wildman–Crippen MR) is 81.2 cm³/mol.